The second-order valence-corrected chi connectivity index (χ2v) is 5.59. The van der Waals surface area contributed by atoms with E-state index < -0.39 is 11.8 Å². The third kappa shape index (κ3) is 3.73. The molecule has 0 aliphatic carbocycles. The zero-order valence-electron chi connectivity index (χ0n) is 14.1. The molecule has 0 atom stereocenters. The number of methoxy groups -OCH3 is 1. The van der Waals surface area contributed by atoms with E-state index in [1.165, 1.54) is 19.2 Å². The Morgan fingerprint density at radius 1 is 1.24 bits per heavy atom. The minimum absolute atomic E-state index is 0.0382. The number of halogens is 1. The average Bonchev–Trinajstić information content (AvgIpc) is 2.95. The number of hydrogen-bond acceptors (Lipinski definition) is 6. The molecular weight excluding hydrogens is 327 g/mol. The van der Waals surface area contributed by atoms with Gasteiger partial charge >= 0.3 is 5.97 Å². The van der Waals surface area contributed by atoms with Crippen LogP contribution in [0.5, 0.6) is 5.75 Å². The number of ether oxygens (including phenoxy) is 2. The monoisotopic (exact) mass is 344 g/mol. The largest absolute Gasteiger partial charge is 0.494 e. The fourth-order valence-corrected chi connectivity index (χ4v) is 2.43. The fraction of sp³-hybridized carbons (Fsp3) is 0.294. The molecule has 0 unspecified atom stereocenters. The van der Waals surface area contributed by atoms with E-state index in [-0.39, 0.29) is 18.8 Å². The quantitative estimate of drug-likeness (QED) is 0.660. The summed E-state index contributed by atoms with van der Waals surface area (Å²) >= 11 is 0. The van der Waals surface area contributed by atoms with Gasteiger partial charge in [0.2, 0.25) is 0 Å². The summed E-state index contributed by atoms with van der Waals surface area (Å²) in [6, 6.07) is 6.26. The fourth-order valence-electron chi connectivity index (χ4n) is 2.43. The number of esters is 1. The number of benzene rings is 1. The SMILES string of the molecule is COc1ccc(COC(=O)Cc2nc3nc(C)cc(C)n3n2)cc1F. The Morgan fingerprint density at radius 3 is 2.76 bits per heavy atom. The lowest BCUT2D eigenvalue weighted by atomic mass is 10.2. The topological polar surface area (TPSA) is 78.6 Å². The molecule has 0 aliphatic rings. The Hall–Kier alpha value is -3.03. The maximum atomic E-state index is 13.6. The summed E-state index contributed by atoms with van der Waals surface area (Å²) in [7, 11) is 1.39. The van der Waals surface area contributed by atoms with Gasteiger partial charge in [0, 0.05) is 11.4 Å². The predicted octanol–water partition coefficient (Wildman–Crippen LogP) is 2.17. The molecule has 2 heterocycles. The van der Waals surface area contributed by atoms with E-state index in [0.29, 0.717) is 17.2 Å². The third-order valence-corrected chi connectivity index (χ3v) is 3.58. The van der Waals surface area contributed by atoms with Crippen molar-refractivity contribution in [2.75, 3.05) is 7.11 Å². The van der Waals surface area contributed by atoms with Crippen LogP contribution in [0.4, 0.5) is 4.39 Å². The highest BCUT2D eigenvalue weighted by atomic mass is 19.1. The van der Waals surface area contributed by atoms with Gasteiger partial charge in [-0.25, -0.2) is 13.9 Å². The second-order valence-electron chi connectivity index (χ2n) is 5.59. The number of nitrogens with zero attached hydrogens (tertiary/aromatic N) is 4. The molecule has 0 fully saturated rings. The number of fused-ring (bicyclic) bond motifs is 1. The maximum Gasteiger partial charge on any atom is 0.313 e. The Bertz CT molecular complexity index is 939. The van der Waals surface area contributed by atoms with E-state index in [1.54, 1.807) is 10.6 Å². The molecule has 3 rings (SSSR count). The first-order chi connectivity index (χ1) is 12.0. The van der Waals surface area contributed by atoms with Crippen molar-refractivity contribution < 1.29 is 18.7 Å². The van der Waals surface area contributed by atoms with E-state index in [1.807, 2.05) is 19.9 Å². The van der Waals surface area contributed by atoms with E-state index in [0.717, 1.165) is 11.4 Å². The summed E-state index contributed by atoms with van der Waals surface area (Å²) in [4.78, 5) is 20.5. The molecule has 0 amide bonds. The number of rotatable bonds is 5. The van der Waals surface area contributed by atoms with Gasteiger partial charge in [-0.3, -0.25) is 4.79 Å². The van der Waals surface area contributed by atoms with Gasteiger partial charge in [-0.05, 0) is 37.6 Å². The van der Waals surface area contributed by atoms with Gasteiger partial charge in [-0.2, -0.15) is 4.98 Å². The van der Waals surface area contributed by atoms with Crippen LogP contribution in [0.25, 0.3) is 5.78 Å². The van der Waals surface area contributed by atoms with Gasteiger partial charge in [0.1, 0.15) is 13.0 Å². The first kappa shape index (κ1) is 16.8. The standard InChI is InChI=1S/C17H17FN4O3/c1-10-6-11(2)22-17(19-10)20-15(21-22)8-16(23)25-9-12-4-5-14(24-3)13(18)7-12/h4-7H,8-9H2,1-3H3. The molecule has 0 spiro atoms. The first-order valence-corrected chi connectivity index (χ1v) is 7.64. The van der Waals surface area contributed by atoms with Crippen LogP contribution in [0.2, 0.25) is 0 Å². The van der Waals surface area contributed by atoms with Crippen LogP contribution in [-0.4, -0.2) is 32.7 Å². The second kappa shape index (κ2) is 6.84. The van der Waals surface area contributed by atoms with Crippen LogP contribution < -0.4 is 4.74 Å². The van der Waals surface area contributed by atoms with Gasteiger partial charge in [0.05, 0.1) is 7.11 Å². The van der Waals surface area contributed by atoms with Gasteiger partial charge in [-0.1, -0.05) is 6.07 Å². The Labute approximate surface area is 143 Å². The van der Waals surface area contributed by atoms with Crippen molar-refractivity contribution >= 4 is 11.7 Å². The van der Waals surface area contributed by atoms with E-state index >= 15 is 0 Å². The lowest BCUT2D eigenvalue weighted by molar-refractivity contribution is -0.144. The van der Waals surface area contributed by atoms with Crippen molar-refractivity contribution in [2.24, 2.45) is 0 Å². The van der Waals surface area contributed by atoms with Crippen LogP contribution in [0.15, 0.2) is 24.3 Å². The Morgan fingerprint density at radius 2 is 2.04 bits per heavy atom. The molecule has 25 heavy (non-hydrogen) atoms. The van der Waals surface area contributed by atoms with Crippen molar-refractivity contribution in [3.63, 3.8) is 0 Å². The molecule has 7 nitrogen and oxygen atoms in total. The molecule has 130 valence electrons. The van der Waals surface area contributed by atoms with Crippen molar-refractivity contribution in [2.45, 2.75) is 26.9 Å². The highest BCUT2D eigenvalue weighted by Gasteiger charge is 2.13. The molecule has 0 saturated carbocycles. The molecule has 0 aliphatic heterocycles. The maximum absolute atomic E-state index is 13.6. The predicted molar refractivity (Wildman–Crippen MR) is 86.7 cm³/mol. The highest BCUT2D eigenvalue weighted by molar-refractivity contribution is 5.71. The number of hydrogen-bond donors (Lipinski definition) is 0. The minimum atomic E-state index is -0.505. The van der Waals surface area contributed by atoms with Crippen LogP contribution in [0, 0.1) is 19.7 Å². The summed E-state index contributed by atoms with van der Waals surface area (Å²) in [6.07, 6.45) is -0.0829. The van der Waals surface area contributed by atoms with Crippen molar-refractivity contribution in [3.05, 3.63) is 52.9 Å². The number of carbonyl (C=O) groups is 1. The Balaban J connectivity index is 1.65. The Kier molecular flexibility index (Phi) is 4.60. The minimum Gasteiger partial charge on any atom is -0.494 e. The zero-order valence-corrected chi connectivity index (χ0v) is 14.1. The van der Waals surface area contributed by atoms with Gasteiger partial charge in [0.15, 0.2) is 17.4 Å². The van der Waals surface area contributed by atoms with Crippen LogP contribution in [-0.2, 0) is 22.6 Å². The lowest BCUT2D eigenvalue weighted by Gasteiger charge is -2.06. The van der Waals surface area contributed by atoms with Gasteiger partial charge in [-0.15, -0.1) is 5.10 Å². The number of carbonyl (C=O) groups excluding carboxylic acids is 1. The molecule has 8 heteroatoms. The number of aromatic nitrogens is 4. The molecule has 1 aromatic carbocycles. The summed E-state index contributed by atoms with van der Waals surface area (Å²) in [6.45, 7) is 3.71. The van der Waals surface area contributed by atoms with Crippen LogP contribution >= 0.6 is 0 Å². The van der Waals surface area contributed by atoms with Crippen molar-refractivity contribution in [1.82, 2.24) is 19.6 Å². The van der Waals surface area contributed by atoms with Crippen LogP contribution in [0.3, 0.4) is 0 Å². The molecule has 0 saturated heterocycles. The first-order valence-electron chi connectivity index (χ1n) is 7.64. The van der Waals surface area contributed by atoms with Crippen LogP contribution in [0.1, 0.15) is 22.8 Å². The van der Waals surface area contributed by atoms with E-state index in [4.69, 9.17) is 9.47 Å². The third-order valence-electron chi connectivity index (χ3n) is 3.58. The number of aryl methyl sites for hydroxylation is 2. The zero-order chi connectivity index (χ0) is 18.0. The normalized spacial score (nSPS) is 10.9. The highest BCUT2D eigenvalue weighted by Crippen LogP contribution is 2.18. The average molecular weight is 344 g/mol. The van der Waals surface area contributed by atoms with Gasteiger partial charge in [0.25, 0.3) is 5.78 Å². The molecule has 0 N–H and O–H groups in total. The van der Waals surface area contributed by atoms with E-state index in [9.17, 15) is 9.18 Å². The summed E-state index contributed by atoms with van der Waals surface area (Å²) < 4.78 is 25.2. The smallest absolute Gasteiger partial charge is 0.313 e. The molecule has 0 bridgehead atoms. The summed E-state index contributed by atoms with van der Waals surface area (Å²) in [5.41, 5.74) is 2.24. The van der Waals surface area contributed by atoms with Crippen molar-refractivity contribution in [1.29, 1.82) is 0 Å². The summed E-state index contributed by atoms with van der Waals surface area (Å²) in [5, 5.41) is 4.25. The van der Waals surface area contributed by atoms with Crippen molar-refractivity contribution in [3.8, 4) is 5.75 Å². The summed E-state index contributed by atoms with van der Waals surface area (Å²) in [5.74, 6) is -0.0942. The molecular formula is C17H17FN4O3. The van der Waals surface area contributed by atoms with E-state index in [2.05, 4.69) is 15.1 Å². The molecule has 2 aromatic heterocycles. The molecule has 0 radical (unpaired) electrons. The molecule has 3 aromatic rings. The lowest BCUT2D eigenvalue weighted by Crippen LogP contribution is -2.09. The van der Waals surface area contributed by atoms with Gasteiger partial charge < -0.3 is 9.47 Å².